The lowest BCUT2D eigenvalue weighted by Gasteiger charge is -2.10. The van der Waals surface area contributed by atoms with Gasteiger partial charge in [-0.1, -0.05) is 0 Å². The fraction of sp³-hybridized carbons (Fsp3) is 0.0833. The molecule has 1 aromatic carbocycles. The van der Waals surface area contributed by atoms with E-state index in [1.807, 2.05) is 0 Å². The van der Waals surface area contributed by atoms with Crippen LogP contribution in [0.25, 0.3) is 0 Å². The van der Waals surface area contributed by atoms with Crippen LogP contribution in [0.4, 0.5) is 18.9 Å². The molecule has 21 heavy (non-hydrogen) atoms. The Bertz CT molecular complexity index is 709. The van der Waals surface area contributed by atoms with E-state index in [4.69, 9.17) is 9.47 Å². The zero-order valence-electron chi connectivity index (χ0n) is 10.5. The van der Waals surface area contributed by atoms with Gasteiger partial charge in [0.25, 0.3) is 17.5 Å². The van der Waals surface area contributed by atoms with E-state index >= 15 is 0 Å². The normalized spacial score (nSPS) is 10.3. The van der Waals surface area contributed by atoms with Gasteiger partial charge in [-0.3, -0.25) is 10.1 Å². The van der Waals surface area contributed by atoms with Crippen molar-refractivity contribution >= 4 is 5.69 Å². The first-order chi connectivity index (χ1) is 9.92. The molecule has 0 aliphatic carbocycles. The van der Waals surface area contributed by atoms with E-state index in [0.717, 1.165) is 12.1 Å². The van der Waals surface area contributed by atoms with Crippen LogP contribution in [-0.4, -0.2) is 17.0 Å². The number of nitro groups is 1. The largest absolute Gasteiger partial charge is 0.493 e. The molecule has 0 radical (unpaired) electrons. The molecule has 1 aromatic heterocycles. The number of aromatic nitrogens is 1. The number of ether oxygens (including phenoxy) is 2. The zero-order chi connectivity index (χ0) is 15.6. The third-order valence-electron chi connectivity index (χ3n) is 2.42. The summed E-state index contributed by atoms with van der Waals surface area (Å²) in [7, 11) is 1.25. The van der Waals surface area contributed by atoms with Crippen molar-refractivity contribution in [3.8, 4) is 17.4 Å². The predicted molar refractivity (Wildman–Crippen MR) is 63.8 cm³/mol. The van der Waals surface area contributed by atoms with Gasteiger partial charge in [0, 0.05) is 12.1 Å². The fourth-order valence-corrected chi connectivity index (χ4v) is 1.46. The number of methoxy groups -OCH3 is 1. The SMILES string of the molecule is COc1ccc([N+](=O)[O-])cc1Oc1nc(F)c(F)cc1F. The number of hydrogen-bond donors (Lipinski definition) is 0. The van der Waals surface area contributed by atoms with Crippen molar-refractivity contribution in [2.75, 3.05) is 7.11 Å². The highest BCUT2D eigenvalue weighted by Crippen LogP contribution is 2.35. The highest BCUT2D eigenvalue weighted by molar-refractivity contribution is 5.49. The number of halogens is 3. The summed E-state index contributed by atoms with van der Waals surface area (Å²) < 4.78 is 49.0. The van der Waals surface area contributed by atoms with Gasteiger partial charge in [0.1, 0.15) is 0 Å². The summed E-state index contributed by atoms with van der Waals surface area (Å²) >= 11 is 0. The van der Waals surface area contributed by atoms with E-state index in [2.05, 4.69) is 4.98 Å². The highest BCUT2D eigenvalue weighted by atomic mass is 19.2. The summed E-state index contributed by atoms with van der Waals surface area (Å²) in [5.74, 6) is -5.40. The quantitative estimate of drug-likeness (QED) is 0.492. The molecule has 0 aliphatic rings. The molecule has 0 amide bonds. The Balaban J connectivity index is 2.45. The molecule has 0 atom stereocenters. The number of rotatable bonds is 4. The molecule has 6 nitrogen and oxygen atoms in total. The van der Waals surface area contributed by atoms with Gasteiger partial charge in [-0.05, 0) is 6.07 Å². The molecule has 1 heterocycles. The summed E-state index contributed by atoms with van der Waals surface area (Å²) in [4.78, 5) is 12.9. The fourth-order valence-electron chi connectivity index (χ4n) is 1.46. The lowest BCUT2D eigenvalue weighted by Crippen LogP contribution is -2.00. The molecule has 2 aromatic rings. The van der Waals surface area contributed by atoms with Gasteiger partial charge in [0.05, 0.1) is 18.1 Å². The van der Waals surface area contributed by atoms with Gasteiger partial charge in [-0.25, -0.2) is 8.78 Å². The summed E-state index contributed by atoms with van der Waals surface area (Å²) in [6, 6.07) is 3.55. The average Bonchev–Trinajstić information content (AvgIpc) is 2.44. The van der Waals surface area contributed by atoms with E-state index in [1.54, 1.807) is 0 Å². The van der Waals surface area contributed by atoms with Crippen molar-refractivity contribution in [2.45, 2.75) is 0 Å². The van der Waals surface area contributed by atoms with E-state index in [-0.39, 0.29) is 23.3 Å². The maximum atomic E-state index is 13.4. The summed E-state index contributed by atoms with van der Waals surface area (Å²) in [5, 5.41) is 10.7. The molecule has 9 heteroatoms. The van der Waals surface area contributed by atoms with Gasteiger partial charge < -0.3 is 9.47 Å². The van der Waals surface area contributed by atoms with Crippen LogP contribution >= 0.6 is 0 Å². The number of benzene rings is 1. The van der Waals surface area contributed by atoms with Crippen molar-refractivity contribution in [1.29, 1.82) is 0 Å². The molecule has 0 spiro atoms. The van der Waals surface area contributed by atoms with Gasteiger partial charge >= 0.3 is 0 Å². The van der Waals surface area contributed by atoms with Crippen LogP contribution in [0.3, 0.4) is 0 Å². The number of nitro benzene ring substituents is 1. The lowest BCUT2D eigenvalue weighted by atomic mass is 10.3. The second kappa shape index (κ2) is 5.65. The van der Waals surface area contributed by atoms with Crippen LogP contribution < -0.4 is 9.47 Å². The summed E-state index contributed by atoms with van der Waals surface area (Å²) in [6.45, 7) is 0. The Morgan fingerprint density at radius 2 is 1.86 bits per heavy atom. The van der Waals surface area contributed by atoms with E-state index in [0.29, 0.717) is 0 Å². The smallest absolute Gasteiger partial charge is 0.273 e. The van der Waals surface area contributed by atoms with E-state index in [1.165, 1.54) is 13.2 Å². The van der Waals surface area contributed by atoms with E-state index < -0.39 is 28.4 Å². The third kappa shape index (κ3) is 3.02. The second-order valence-corrected chi connectivity index (χ2v) is 3.74. The van der Waals surface area contributed by atoms with Crippen LogP contribution in [0.2, 0.25) is 0 Å². The molecular formula is C12H7F3N2O4. The Hall–Kier alpha value is -2.84. The Morgan fingerprint density at radius 3 is 2.48 bits per heavy atom. The molecular weight excluding hydrogens is 293 g/mol. The van der Waals surface area contributed by atoms with Gasteiger partial charge in [-0.2, -0.15) is 9.37 Å². The predicted octanol–water partition coefficient (Wildman–Crippen LogP) is 3.21. The third-order valence-corrected chi connectivity index (χ3v) is 2.42. The van der Waals surface area contributed by atoms with Crippen molar-refractivity contribution in [2.24, 2.45) is 0 Å². The van der Waals surface area contributed by atoms with Gasteiger partial charge in [-0.15, -0.1) is 0 Å². The molecule has 0 N–H and O–H groups in total. The molecule has 0 bridgehead atoms. The zero-order valence-corrected chi connectivity index (χ0v) is 10.5. The minimum Gasteiger partial charge on any atom is -0.493 e. The lowest BCUT2D eigenvalue weighted by molar-refractivity contribution is -0.384. The number of hydrogen-bond acceptors (Lipinski definition) is 5. The topological polar surface area (TPSA) is 74.5 Å². The van der Waals surface area contributed by atoms with E-state index in [9.17, 15) is 23.3 Å². The van der Waals surface area contributed by atoms with Crippen LogP contribution in [0.1, 0.15) is 0 Å². The molecule has 110 valence electrons. The monoisotopic (exact) mass is 300 g/mol. The summed E-state index contributed by atoms with van der Waals surface area (Å²) in [5.41, 5.74) is -0.353. The average molecular weight is 300 g/mol. The molecule has 0 saturated heterocycles. The Kier molecular flexibility index (Phi) is 3.92. The molecule has 2 rings (SSSR count). The van der Waals surface area contributed by atoms with Crippen molar-refractivity contribution in [1.82, 2.24) is 4.98 Å². The number of pyridine rings is 1. The number of non-ortho nitro benzene ring substituents is 1. The molecule has 0 unspecified atom stereocenters. The van der Waals surface area contributed by atoms with Crippen molar-refractivity contribution in [3.05, 3.63) is 52.0 Å². The maximum absolute atomic E-state index is 13.4. The van der Waals surface area contributed by atoms with Crippen LogP contribution in [0.15, 0.2) is 24.3 Å². The summed E-state index contributed by atoms with van der Waals surface area (Å²) in [6.07, 6.45) is 0. The minimum atomic E-state index is -1.56. The molecule has 0 aliphatic heterocycles. The minimum absolute atomic E-state index is 0.0338. The molecule has 0 fully saturated rings. The van der Waals surface area contributed by atoms with Crippen molar-refractivity contribution in [3.63, 3.8) is 0 Å². The maximum Gasteiger partial charge on any atom is 0.273 e. The Morgan fingerprint density at radius 1 is 1.14 bits per heavy atom. The first kappa shape index (κ1) is 14.6. The van der Waals surface area contributed by atoms with Gasteiger partial charge in [0.2, 0.25) is 0 Å². The highest BCUT2D eigenvalue weighted by Gasteiger charge is 2.18. The van der Waals surface area contributed by atoms with Crippen LogP contribution in [-0.2, 0) is 0 Å². The Labute approximate surface area is 115 Å². The van der Waals surface area contributed by atoms with Crippen LogP contribution in [0, 0.1) is 27.7 Å². The molecule has 0 saturated carbocycles. The first-order valence-electron chi connectivity index (χ1n) is 5.44. The number of nitrogens with zero attached hydrogens (tertiary/aromatic N) is 2. The van der Waals surface area contributed by atoms with Crippen molar-refractivity contribution < 1.29 is 27.6 Å². The van der Waals surface area contributed by atoms with Gasteiger partial charge in [0.15, 0.2) is 23.1 Å². The standard InChI is InChI=1S/C12H7F3N2O4/c1-20-9-3-2-6(17(18)19)4-10(9)21-12-8(14)5-7(13)11(15)16-12/h2-5H,1H3. The second-order valence-electron chi connectivity index (χ2n) is 3.74. The van der Waals surface area contributed by atoms with Crippen LogP contribution in [0.5, 0.6) is 17.4 Å². The first-order valence-corrected chi connectivity index (χ1v) is 5.44.